The fourth-order valence-corrected chi connectivity index (χ4v) is 5.42. The standard InChI is InChI=1S/C16H31NO2S/c1-4-6-20(18,19)7-5-16(12-17-11-13(2)3)9-14-8-15(14)10-16/h13-15,17H,4-12H2,1-3H3. The van der Waals surface area contributed by atoms with Crippen molar-refractivity contribution in [2.75, 3.05) is 24.6 Å². The van der Waals surface area contributed by atoms with Crippen LogP contribution < -0.4 is 5.32 Å². The van der Waals surface area contributed by atoms with E-state index in [4.69, 9.17) is 0 Å². The van der Waals surface area contributed by atoms with Crippen molar-refractivity contribution in [3.63, 3.8) is 0 Å². The van der Waals surface area contributed by atoms with Gasteiger partial charge >= 0.3 is 0 Å². The monoisotopic (exact) mass is 301 g/mol. The minimum Gasteiger partial charge on any atom is -0.316 e. The van der Waals surface area contributed by atoms with Gasteiger partial charge in [-0.1, -0.05) is 20.8 Å². The normalized spacial score (nSPS) is 32.6. The highest BCUT2D eigenvalue weighted by molar-refractivity contribution is 7.91. The first-order chi connectivity index (χ1) is 9.36. The van der Waals surface area contributed by atoms with Gasteiger partial charge in [0, 0.05) is 12.3 Å². The van der Waals surface area contributed by atoms with Gasteiger partial charge in [0.2, 0.25) is 0 Å². The molecule has 2 saturated carbocycles. The molecule has 0 aromatic carbocycles. The van der Waals surface area contributed by atoms with Gasteiger partial charge in [0.15, 0.2) is 0 Å². The molecule has 2 fully saturated rings. The van der Waals surface area contributed by atoms with Crippen molar-refractivity contribution in [3.8, 4) is 0 Å². The zero-order chi connectivity index (χ0) is 14.8. The molecule has 2 rings (SSSR count). The van der Waals surface area contributed by atoms with Crippen molar-refractivity contribution in [2.24, 2.45) is 23.2 Å². The molecule has 2 aliphatic rings. The van der Waals surface area contributed by atoms with E-state index >= 15 is 0 Å². The highest BCUT2D eigenvalue weighted by Crippen LogP contribution is 2.60. The Labute approximate surface area is 124 Å². The maximum atomic E-state index is 12.0. The third-order valence-corrected chi connectivity index (χ3v) is 6.83. The number of fused-ring (bicyclic) bond motifs is 1. The first kappa shape index (κ1) is 16.3. The van der Waals surface area contributed by atoms with E-state index in [2.05, 4.69) is 19.2 Å². The van der Waals surface area contributed by atoms with Crippen molar-refractivity contribution in [1.82, 2.24) is 5.32 Å². The minimum atomic E-state index is -2.83. The molecule has 20 heavy (non-hydrogen) atoms. The zero-order valence-corrected chi connectivity index (χ0v) is 14.1. The Morgan fingerprint density at radius 3 is 2.40 bits per heavy atom. The highest BCUT2D eigenvalue weighted by Gasteiger charge is 2.53. The topological polar surface area (TPSA) is 46.2 Å². The van der Waals surface area contributed by atoms with Crippen LogP contribution in [0.15, 0.2) is 0 Å². The van der Waals surface area contributed by atoms with Crippen molar-refractivity contribution in [1.29, 1.82) is 0 Å². The zero-order valence-electron chi connectivity index (χ0n) is 13.3. The molecule has 0 radical (unpaired) electrons. The van der Waals surface area contributed by atoms with Crippen molar-refractivity contribution in [2.45, 2.75) is 52.9 Å². The first-order valence-electron chi connectivity index (χ1n) is 8.27. The lowest BCUT2D eigenvalue weighted by atomic mass is 9.80. The molecule has 0 saturated heterocycles. The Hall–Kier alpha value is -0.0900. The van der Waals surface area contributed by atoms with Crippen LogP contribution in [0, 0.1) is 23.2 Å². The summed E-state index contributed by atoms with van der Waals surface area (Å²) >= 11 is 0. The second kappa shape index (κ2) is 6.35. The lowest BCUT2D eigenvalue weighted by molar-refractivity contribution is 0.238. The molecular formula is C16H31NO2S. The van der Waals surface area contributed by atoms with E-state index in [1.54, 1.807) is 0 Å². The van der Waals surface area contributed by atoms with Gasteiger partial charge in [0.1, 0.15) is 9.84 Å². The third kappa shape index (κ3) is 4.45. The van der Waals surface area contributed by atoms with E-state index in [0.717, 1.165) is 37.8 Å². The predicted octanol–water partition coefficient (Wildman–Crippen LogP) is 2.86. The van der Waals surface area contributed by atoms with E-state index in [9.17, 15) is 8.42 Å². The summed E-state index contributed by atoms with van der Waals surface area (Å²) in [4.78, 5) is 0. The van der Waals surface area contributed by atoms with Crippen LogP contribution in [0.1, 0.15) is 52.9 Å². The highest BCUT2D eigenvalue weighted by atomic mass is 32.2. The number of hydrogen-bond donors (Lipinski definition) is 1. The SMILES string of the molecule is CCCS(=O)(=O)CCC1(CNCC(C)C)CC2CC2C1. The molecule has 0 bridgehead atoms. The molecule has 0 aromatic heterocycles. The molecule has 2 aliphatic carbocycles. The summed E-state index contributed by atoms with van der Waals surface area (Å²) in [5.41, 5.74) is 0.267. The van der Waals surface area contributed by atoms with E-state index in [1.165, 1.54) is 19.3 Å². The lowest BCUT2D eigenvalue weighted by Gasteiger charge is -2.31. The summed E-state index contributed by atoms with van der Waals surface area (Å²) in [7, 11) is -2.83. The quantitative estimate of drug-likeness (QED) is 0.712. The van der Waals surface area contributed by atoms with Gasteiger partial charge in [0.05, 0.1) is 5.75 Å². The number of sulfone groups is 1. The summed E-state index contributed by atoms with van der Waals surface area (Å²) in [6, 6.07) is 0. The molecule has 1 N–H and O–H groups in total. The van der Waals surface area contributed by atoms with E-state index in [1.807, 2.05) is 6.92 Å². The van der Waals surface area contributed by atoms with E-state index in [-0.39, 0.29) is 5.41 Å². The third-order valence-electron chi connectivity index (χ3n) is 4.97. The predicted molar refractivity (Wildman–Crippen MR) is 84.5 cm³/mol. The van der Waals surface area contributed by atoms with Crippen LogP contribution in [-0.2, 0) is 9.84 Å². The average molecular weight is 301 g/mol. The van der Waals surface area contributed by atoms with Gasteiger partial charge in [-0.25, -0.2) is 8.42 Å². The van der Waals surface area contributed by atoms with Crippen molar-refractivity contribution in [3.05, 3.63) is 0 Å². The van der Waals surface area contributed by atoms with E-state index in [0.29, 0.717) is 17.4 Å². The second-order valence-electron chi connectivity index (χ2n) is 7.59. The maximum Gasteiger partial charge on any atom is 0.150 e. The molecule has 3 nitrogen and oxygen atoms in total. The van der Waals surface area contributed by atoms with Gasteiger partial charge in [-0.15, -0.1) is 0 Å². The van der Waals surface area contributed by atoms with Crippen molar-refractivity contribution >= 4 is 9.84 Å². The molecule has 4 heteroatoms. The Morgan fingerprint density at radius 2 is 1.85 bits per heavy atom. The smallest absolute Gasteiger partial charge is 0.150 e. The molecule has 0 heterocycles. The average Bonchev–Trinajstić information content (AvgIpc) is 2.95. The van der Waals surface area contributed by atoms with Gasteiger partial charge in [-0.3, -0.25) is 0 Å². The van der Waals surface area contributed by atoms with Gasteiger partial charge < -0.3 is 5.32 Å². The summed E-state index contributed by atoms with van der Waals surface area (Å²) in [5, 5.41) is 3.58. The second-order valence-corrected chi connectivity index (χ2v) is 9.89. The van der Waals surface area contributed by atoms with Gasteiger partial charge in [0.25, 0.3) is 0 Å². The summed E-state index contributed by atoms with van der Waals surface area (Å²) in [5.74, 6) is 3.22. The molecule has 0 amide bonds. The molecule has 2 atom stereocenters. The fraction of sp³-hybridized carbons (Fsp3) is 1.00. The van der Waals surface area contributed by atoms with E-state index < -0.39 is 9.84 Å². The Morgan fingerprint density at radius 1 is 1.20 bits per heavy atom. The van der Waals surface area contributed by atoms with Crippen LogP contribution in [0.2, 0.25) is 0 Å². The van der Waals surface area contributed by atoms with Crippen LogP contribution in [0.25, 0.3) is 0 Å². The Bertz CT molecular complexity index is 406. The fourth-order valence-electron chi connectivity index (χ4n) is 3.85. The lowest BCUT2D eigenvalue weighted by Crippen LogP contribution is -2.36. The summed E-state index contributed by atoms with van der Waals surface area (Å²) in [6.45, 7) is 8.44. The van der Waals surface area contributed by atoms with Crippen molar-refractivity contribution < 1.29 is 8.42 Å². The largest absolute Gasteiger partial charge is 0.316 e. The summed E-state index contributed by atoms with van der Waals surface area (Å²) < 4.78 is 24.0. The summed E-state index contributed by atoms with van der Waals surface area (Å²) in [6.07, 6.45) is 5.52. The van der Waals surface area contributed by atoms with Crippen LogP contribution in [0.3, 0.4) is 0 Å². The van der Waals surface area contributed by atoms with Crippen LogP contribution >= 0.6 is 0 Å². The molecular weight excluding hydrogens is 270 g/mol. The van der Waals surface area contributed by atoms with Crippen LogP contribution in [0.4, 0.5) is 0 Å². The maximum absolute atomic E-state index is 12.0. The number of rotatable bonds is 9. The minimum absolute atomic E-state index is 0.267. The molecule has 2 unspecified atom stereocenters. The molecule has 0 spiro atoms. The number of nitrogens with one attached hydrogen (secondary N) is 1. The molecule has 118 valence electrons. The van der Waals surface area contributed by atoms with Crippen LogP contribution in [0.5, 0.6) is 0 Å². The Balaban J connectivity index is 1.87. The van der Waals surface area contributed by atoms with Crippen LogP contribution in [-0.4, -0.2) is 33.0 Å². The van der Waals surface area contributed by atoms with Gasteiger partial charge in [-0.05, 0) is 61.8 Å². The number of hydrogen-bond acceptors (Lipinski definition) is 3. The molecule has 0 aliphatic heterocycles. The molecule has 0 aromatic rings. The first-order valence-corrected chi connectivity index (χ1v) is 10.1. The van der Waals surface area contributed by atoms with Gasteiger partial charge in [-0.2, -0.15) is 0 Å². The Kier molecular flexibility index (Phi) is 5.17.